The van der Waals surface area contributed by atoms with Crippen molar-refractivity contribution in [2.75, 3.05) is 5.75 Å². The molecule has 0 aliphatic rings. The highest BCUT2D eigenvalue weighted by Crippen LogP contribution is 2.23. The topological polar surface area (TPSA) is 71.8 Å². The van der Waals surface area contributed by atoms with Crippen LogP contribution in [0.5, 0.6) is 0 Å². The average Bonchev–Trinajstić information content (AvgIpc) is 3.02. The van der Waals surface area contributed by atoms with Gasteiger partial charge in [0.1, 0.15) is 17.7 Å². The van der Waals surface area contributed by atoms with Gasteiger partial charge in [-0.15, -0.1) is 5.10 Å². The van der Waals surface area contributed by atoms with Crippen molar-refractivity contribution in [1.29, 1.82) is 0 Å². The highest BCUT2D eigenvalue weighted by Gasteiger charge is 2.14. The number of aromatic nitrogens is 3. The molecule has 96 valence electrons. The first-order valence-electron chi connectivity index (χ1n) is 5.75. The number of nitrogens with one attached hydrogen (secondary N) is 1. The van der Waals surface area contributed by atoms with E-state index >= 15 is 0 Å². The summed E-state index contributed by atoms with van der Waals surface area (Å²) >= 11 is 1.31. The van der Waals surface area contributed by atoms with E-state index in [1.54, 1.807) is 0 Å². The smallest absolute Gasteiger partial charge is 0.208 e. The maximum Gasteiger partial charge on any atom is 0.208 e. The van der Waals surface area contributed by atoms with Crippen LogP contribution in [0.15, 0.2) is 40.1 Å². The van der Waals surface area contributed by atoms with E-state index < -0.39 is 0 Å². The third kappa shape index (κ3) is 2.39. The fraction of sp³-hybridized carbons (Fsp3) is 0.154. The zero-order chi connectivity index (χ0) is 13.2. The van der Waals surface area contributed by atoms with Crippen molar-refractivity contribution < 1.29 is 9.21 Å². The van der Waals surface area contributed by atoms with Crippen molar-refractivity contribution in [2.24, 2.45) is 0 Å². The monoisotopic (exact) mass is 273 g/mol. The first-order valence-corrected chi connectivity index (χ1v) is 6.74. The van der Waals surface area contributed by atoms with E-state index in [9.17, 15) is 4.79 Å². The van der Waals surface area contributed by atoms with Crippen LogP contribution in [-0.2, 0) is 0 Å². The predicted octanol–water partition coefficient (Wildman–Crippen LogP) is 2.83. The summed E-state index contributed by atoms with van der Waals surface area (Å²) in [5.74, 6) is 1.04. The summed E-state index contributed by atoms with van der Waals surface area (Å²) in [7, 11) is 0. The average molecular weight is 273 g/mol. The largest absolute Gasteiger partial charge is 0.464 e. The molecule has 2 aromatic heterocycles. The number of ketones is 1. The van der Waals surface area contributed by atoms with Gasteiger partial charge in [-0.25, -0.2) is 4.98 Å². The number of para-hydroxylation sites is 1. The lowest BCUT2D eigenvalue weighted by molar-refractivity contribution is 0.102. The third-order valence-corrected chi connectivity index (χ3v) is 3.54. The zero-order valence-electron chi connectivity index (χ0n) is 10.2. The molecule has 0 bridgehead atoms. The Labute approximate surface area is 113 Å². The number of fused-ring (bicyclic) bond motifs is 1. The minimum absolute atomic E-state index is 0.0115. The molecule has 0 aliphatic carbocycles. The Morgan fingerprint density at radius 1 is 1.42 bits per heavy atom. The molecule has 0 atom stereocenters. The Morgan fingerprint density at radius 3 is 3.05 bits per heavy atom. The number of nitrogens with zero attached hydrogens (tertiary/aromatic N) is 2. The van der Waals surface area contributed by atoms with E-state index in [4.69, 9.17) is 4.42 Å². The minimum atomic E-state index is 0.0115. The predicted molar refractivity (Wildman–Crippen MR) is 72.4 cm³/mol. The van der Waals surface area contributed by atoms with E-state index in [0.29, 0.717) is 16.5 Å². The van der Waals surface area contributed by atoms with Gasteiger partial charge in [0.15, 0.2) is 5.78 Å². The number of carbonyl (C=O) groups excluding carboxylic acids is 1. The number of furan rings is 1. The van der Waals surface area contributed by atoms with Crippen LogP contribution in [0.25, 0.3) is 11.0 Å². The number of aromatic amines is 1. The first kappa shape index (κ1) is 12.0. The summed E-state index contributed by atoms with van der Waals surface area (Å²) in [5, 5.41) is 8.16. The molecule has 3 rings (SSSR count). The van der Waals surface area contributed by atoms with E-state index in [1.165, 1.54) is 18.0 Å². The molecule has 5 nitrogen and oxygen atoms in total. The van der Waals surface area contributed by atoms with Crippen LogP contribution >= 0.6 is 11.8 Å². The molecule has 0 fully saturated rings. The lowest BCUT2D eigenvalue weighted by Gasteiger charge is -1.96. The highest BCUT2D eigenvalue weighted by molar-refractivity contribution is 7.99. The van der Waals surface area contributed by atoms with Crippen LogP contribution in [0, 0.1) is 6.92 Å². The zero-order valence-corrected chi connectivity index (χ0v) is 11.0. The van der Waals surface area contributed by atoms with Crippen LogP contribution in [0.4, 0.5) is 0 Å². The summed E-state index contributed by atoms with van der Waals surface area (Å²) in [5.41, 5.74) is 1.33. The quantitative estimate of drug-likeness (QED) is 0.584. The summed E-state index contributed by atoms with van der Waals surface area (Å²) in [6.45, 7) is 1.82. The number of rotatable bonds is 4. The number of carbonyl (C=O) groups is 1. The van der Waals surface area contributed by atoms with E-state index in [-0.39, 0.29) is 5.78 Å². The number of hydrogen-bond donors (Lipinski definition) is 1. The number of H-pyrrole nitrogens is 1. The van der Waals surface area contributed by atoms with E-state index in [2.05, 4.69) is 15.2 Å². The Kier molecular flexibility index (Phi) is 3.08. The molecule has 19 heavy (non-hydrogen) atoms. The van der Waals surface area contributed by atoms with Gasteiger partial charge in [0.05, 0.1) is 11.3 Å². The maximum absolute atomic E-state index is 12.2. The molecule has 0 radical (unpaired) electrons. The van der Waals surface area contributed by atoms with Gasteiger partial charge in [0, 0.05) is 5.39 Å². The molecule has 1 aromatic carbocycles. The third-order valence-electron chi connectivity index (χ3n) is 2.69. The molecular formula is C13H11N3O2S. The van der Waals surface area contributed by atoms with Gasteiger partial charge >= 0.3 is 0 Å². The molecule has 6 heteroatoms. The molecule has 3 aromatic rings. The van der Waals surface area contributed by atoms with Crippen LogP contribution in [0.1, 0.15) is 16.2 Å². The van der Waals surface area contributed by atoms with Gasteiger partial charge in [-0.3, -0.25) is 9.89 Å². The molecule has 0 spiro atoms. The molecule has 0 aliphatic heterocycles. The van der Waals surface area contributed by atoms with Crippen LogP contribution in [0.3, 0.4) is 0 Å². The second-order valence-corrected chi connectivity index (χ2v) is 5.00. The van der Waals surface area contributed by atoms with Gasteiger partial charge in [-0.05, 0) is 13.0 Å². The lowest BCUT2D eigenvalue weighted by atomic mass is 10.1. The van der Waals surface area contributed by atoms with Crippen LogP contribution in [0.2, 0.25) is 0 Å². The fourth-order valence-corrected chi connectivity index (χ4v) is 2.52. The standard InChI is InChI=1S/C13H11N3O2S/c1-8-14-13(16-15-8)19-7-11(17)10-6-18-12-5-3-2-4-9(10)12/h2-6H,7H2,1H3,(H,14,15,16). The molecule has 2 heterocycles. The number of hydrogen-bond acceptors (Lipinski definition) is 5. The van der Waals surface area contributed by atoms with Crippen molar-refractivity contribution in [1.82, 2.24) is 15.2 Å². The summed E-state index contributed by atoms with van der Waals surface area (Å²) in [4.78, 5) is 16.3. The second kappa shape index (κ2) is 4.89. The van der Waals surface area contributed by atoms with E-state index in [1.807, 2.05) is 31.2 Å². The van der Waals surface area contributed by atoms with Gasteiger partial charge in [-0.2, -0.15) is 0 Å². The number of Topliss-reactive ketones (excluding diaryl/α,β-unsaturated/α-hetero) is 1. The van der Waals surface area contributed by atoms with Crippen LogP contribution < -0.4 is 0 Å². The molecule has 0 saturated carbocycles. The SMILES string of the molecule is Cc1nc(SCC(=O)c2coc3ccccc23)n[nH]1. The maximum atomic E-state index is 12.2. The van der Waals surface area contributed by atoms with Crippen molar-refractivity contribution in [3.05, 3.63) is 41.9 Å². The number of benzene rings is 1. The Hall–Kier alpha value is -2.08. The van der Waals surface area contributed by atoms with Gasteiger partial charge in [-0.1, -0.05) is 30.0 Å². The lowest BCUT2D eigenvalue weighted by Crippen LogP contribution is -2.01. The molecule has 0 saturated heterocycles. The van der Waals surface area contributed by atoms with Gasteiger partial charge in [0.2, 0.25) is 5.16 Å². The van der Waals surface area contributed by atoms with Crippen molar-refractivity contribution >= 4 is 28.5 Å². The molecule has 0 amide bonds. The highest BCUT2D eigenvalue weighted by atomic mass is 32.2. The Morgan fingerprint density at radius 2 is 2.26 bits per heavy atom. The molecule has 1 N–H and O–H groups in total. The number of aryl methyl sites for hydroxylation is 1. The summed E-state index contributed by atoms with van der Waals surface area (Å²) in [6.07, 6.45) is 1.51. The van der Waals surface area contributed by atoms with Crippen molar-refractivity contribution in [2.45, 2.75) is 12.1 Å². The summed E-state index contributed by atoms with van der Waals surface area (Å²) in [6, 6.07) is 7.50. The Bertz CT molecular complexity index is 732. The van der Waals surface area contributed by atoms with E-state index in [0.717, 1.165) is 16.8 Å². The molecular weight excluding hydrogens is 262 g/mol. The normalized spacial score (nSPS) is 11.0. The van der Waals surface area contributed by atoms with Crippen LogP contribution in [-0.4, -0.2) is 26.7 Å². The van der Waals surface area contributed by atoms with Gasteiger partial charge in [0.25, 0.3) is 0 Å². The van der Waals surface area contributed by atoms with Gasteiger partial charge < -0.3 is 4.42 Å². The van der Waals surface area contributed by atoms with Crippen molar-refractivity contribution in [3.8, 4) is 0 Å². The summed E-state index contributed by atoms with van der Waals surface area (Å²) < 4.78 is 5.36. The fourth-order valence-electron chi connectivity index (χ4n) is 1.79. The first-order chi connectivity index (χ1) is 9.24. The minimum Gasteiger partial charge on any atom is -0.464 e. The second-order valence-electron chi connectivity index (χ2n) is 4.06. The number of thioether (sulfide) groups is 1. The molecule has 0 unspecified atom stereocenters. The van der Waals surface area contributed by atoms with Crippen molar-refractivity contribution in [3.63, 3.8) is 0 Å². The Balaban J connectivity index is 1.77.